The predicted octanol–water partition coefficient (Wildman–Crippen LogP) is 2.52. The molecule has 0 aliphatic carbocycles. The highest BCUT2D eigenvalue weighted by molar-refractivity contribution is 6.33. The van der Waals surface area contributed by atoms with Gasteiger partial charge in [-0.05, 0) is 23.8 Å². The third-order valence-corrected chi connectivity index (χ3v) is 3.57. The molecule has 6 nitrogen and oxygen atoms in total. The number of nitrogens with zero attached hydrogens (tertiary/aromatic N) is 4. The maximum Gasteiger partial charge on any atom is 0.273 e. The fraction of sp³-hybridized carbons (Fsp3) is 0.133. The van der Waals surface area contributed by atoms with Crippen molar-refractivity contribution in [2.24, 2.45) is 0 Å². The standard InChI is InChI=1S/C15H14ClN5O/c1-20(15(22)14-13(16)9-17-19-14)10-11-3-5-12(6-4-11)21-8-2-7-18-21/h2-9H,10H2,1H3,(H,17,19). The number of rotatable bonds is 4. The van der Waals surface area contributed by atoms with E-state index >= 15 is 0 Å². The van der Waals surface area contributed by atoms with E-state index in [9.17, 15) is 4.79 Å². The Kier molecular flexibility index (Phi) is 3.93. The highest BCUT2D eigenvalue weighted by Crippen LogP contribution is 2.15. The molecule has 1 amide bonds. The van der Waals surface area contributed by atoms with E-state index in [4.69, 9.17) is 11.6 Å². The lowest BCUT2D eigenvalue weighted by atomic mass is 10.2. The third kappa shape index (κ3) is 2.87. The summed E-state index contributed by atoms with van der Waals surface area (Å²) in [5, 5.41) is 10.9. The molecule has 3 rings (SSSR count). The predicted molar refractivity (Wildman–Crippen MR) is 83.0 cm³/mol. The monoisotopic (exact) mass is 315 g/mol. The lowest BCUT2D eigenvalue weighted by Gasteiger charge is -2.16. The zero-order chi connectivity index (χ0) is 15.5. The van der Waals surface area contributed by atoms with Gasteiger partial charge in [0.15, 0.2) is 0 Å². The summed E-state index contributed by atoms with van der Waals surface area (Å²) < 4.78 is 1.78. The van der Waals surface area contributed by atoms with Gasteiger partial charge in [-0.1, -0.05) is 23.7 Å². The molecule has 0 saturated heterocycles. The number of aromatic nitrogens is 4. The van der Waals surface area contributed by atoms with Crippen LogP contribution in [0.2, 0.25) is 5.02 Å². The van der Waals surface area contributed by atoms with Gasteiger partial charge in [0, 0.05) is 26.0 Å². The third-order valence-electron chi connectivity index (χ3n) is 3.28. The van der Waals surface area contributed by atoms with Crippen molar-refractivity contribution in [1.29, 1.82) is 0 Å². The van der Waals surface area contributed by atoms with Crippen molar-refractivity contribution in [3.63, 3.8) is 0 Å². The number of benzene rings is 1. The van der Waals surface area contributed by atoms with Gasteiger partial charge in [0.05, 0.1) is 16.9 Å². The lowest BCUT2D eigenvalue weighted by Crippen LogP contribution is -2.26. The minimum atomic E-state index is -0.196. The fourth-order valence-corrected chi connectivity index (χ4v) is 2.31. The van der Waals surface area contributed by atoms with Crippen molar-refractivity contribution in [2.45, 2.75) is 6.54 Å². The van der Waals surface area contributed by atoms with Crippen LogP contribution in [0.1, 0.15) is 16.1 Å². The molecule has 0 aliphatic rings. The minimum Gasteiger partial charge on any atom is -0.336 e. The molecule has 3 aromatic rings. The van der Waals surface area contributed by atoms with Crippen molar-refractivity contribution >= 4 is 17.5 Å². The average molecular weight is 316 g/mol. The SMILES string of the molecule is CN(Cc1ccc(-n2cccn2)cc1)C(=O)c1[nH]ncc1Cl. The van der Waals surface area contributed by atoms with Crippen LogP contribution >= 0.6 is 11.6 Å². The second-order valence-electron chi connectivity index (χ2n) is 4.87. The van der Waals surface area contributed by atoms with E-state index in [0.717, 1.165) is 11.3 Å². The summed E-state index contributed by atoms with van der Waals surface area (Å²) in [6, 6.07) is 9.73. The van der Waals surface area contributed by atoms with Crippen molar-refractivity contribution < 1.29 is 4.79 Å². The highest BCUT2D eigenvalue weighted by Gasteiger charge is 2.17. The summed E-state index contributed by atoms with van der Waals surface area (Å²) in [5.74, 6) is -0.196. The fourth-order valence-electron chi connectivity index (χ4n) is 2.13. The zero-order valence-electron chi connectivity index (χ0n) is 11.9. The van der Waals surface area contributed by atoms with Gasteiger partial charge in [-0.25, -0.2) is 4.68 Å². The van der Waals surface area contributed by atoms with E-state index in [-0.39, 0.29) is 5.91 Å². The van der Waals surface area contributed by atoms with Crippen molar-refractivity contribution in [3.8, 4) is 5.69 Å². The molecule has 112 valence electrons. The van der Waals surface area contributed by atoms with Gasteiger partial charge in [-0.3, -0.25) is 9.89 Å². The molecule has 2 aromatic heterocycles. The molecular weight excluding hydrogens is 302 g/mol. The first-order chi connectivity index (χ1) is 10.6. The number of carbonyl (C=O) groups excluding carboxylic acids is 1. The number of H-pyrrole nitrogens is 1. The quantitative estimate of drug-likeness (QED) is 0.804. The second-order valence-corrected chi connectivity index (χ2v) is 5.28. The van der Waals surface area contributed by atoms with Gasteiger partial charge in [0.2, 0.25) is 0 Å². The van der Waals surface area contributed by atoms with E-state index in [2.05, 4.69) is 15.3 Å². The number of carbonyl (C=O) groups is 1. The van der Waals surface area contributed by atoms with Gasteiger partial charge < -0.3 is 4.90 Å². The van der Waals surface area contributed by atoms with Crippen LogP contribution in [0, 0.1) is 0 Å². The Bertz CT molecular complexity index is 764. The molecule has 1 N–H and O–H groups in total. The Balaban J connectivity index is 1.70. The summed E-state index contributed by atoms with van der Waals surface area (Å²) in [6.07, 6.45) is 5.03. The molecule has 2 heterocycles. The summed E-state index contributed by atoms with van der Waals surface area (Å²) >= 11 is 5.91. The molecule has 0 aliphatic heterocycles. The smallest absolute Gasteiger partial charge is 0.273 e. The average Bonchev–Trinajstić information content (AvgIpc) is 3.18. The Labute approximate surface area is 132 Å². The lowest BCUT2D eigenvalue weighted by molar-refractivity contribution is 0.0779. The molecule has 22 heavy (non-hydrogen) atoms. The van der Waals surface area contributed by atoms with Crippen LogP contribution in [0.5, 0.6) is 0 Å². The van der Waals surface area contributed by atoms with Gasteiger partial charge in [0.1, 0.15) is 5.69 Å². The molecule has 1 aromatic carbocycles. The maximum absolute atomic E-state index is 12.2. The Morgan fingerprint density at radius 1 is 1.36 bits per heavy atom. The summed E-state index contributed by atoms with van der Waals surface area (Å²) in [6.45, 7) is 0.480. The van der Waals surface area contributed by atoms with Gasteiger partial charge >= 0.3 is 0 Å². The molecule has 0 unspecified atom stereocenters. The van der Waals surface area contributed by atoms with Crippen molar-refractivity contribution in [3.05, 3.63) is 65.2 Å². The van der Waals surface area contributed by atoms with E-state index in [0.29, 0.717) is 17.3 Å². The number of nitrogens with one attached hydrogen (secondary N) is 1. The number of hydrogen-bond donors (Lipinski definition) is 1. The first-order valence-electron chi connectivity index (χ1n) is 6.68. The van der Waals surface area contributed by atoms with Crippen LogP contribution in [0.15, 0.2) is 48.9 Å². The molecule has 7 heteroatoms. The molecule has 0 saturated carbocycles. The highest BCUT2D eigenvalue weighted by atomic mass is 35.5. The summed E-state index contributed by atoms with van der Waals surface area (Å²) in [4.78, 5) is 13.8. The largest absolute Gasteiger partial charge is 0.336 e. The van der Waals surface area contributed by atoms with Crippen LogP contribution in [0.25, 0.3) is 5.69 Å². The topological polar surface area (TPSA) is 66.8 Å². The van der Waals surface area contributed by atoms with Crippen LogP contribution in [-0.2, 0) is 6.54 Å². The second kappa shape index (κ2) is 6.03. The maximum atomic E-state index is 12.2. The molecule has 0 spiro atoms. The van der Waals surface area contributed by atoms with Crippen molar-refractivity contribution in [2.75, 3.05) is 7.05 Å². The minimum absolute atomic E-state index is 0.196. The van der Waals surface area contributed by atoms with Gasteiger partial charge in [-0.15, -0.1) is 0 Å². The molecule has 0 fully saturated rings. The Hall–Kier alpha value is -2.60. The first-order valence-corrected chi connectivity index (χ1v) is 7.06. The number of amides is 1. The Morgan fingerprint density at radius 2 is 2.14 bits per heavy atom. The molecule has 0 radical (unpaired) electrons. The number of halogens is 1. The zero-order valence-corrected chi connectivity index (χ0v) is 12.7. The van der Waals surface area contributed by atoms with Crippen LogP contribution in [0.3, 0.4) is 0 Å². The molecule has 0 bridgehead atoms. The summed E-state index contributed by atoms with van der Waals surface area (Å²) in [5.41, 5.74) is 2.29. The van der Waals surface area contributed by atoms with E-state index < -0.39 is 0 Å². The molecule has 0 atom stereocenters. The van der Waals surface area contributed by atoms with Crippen molar-refractivity contribution in [1.82, 2.24) is 24.9 Å². The number of aromatic amines is 1. The van der Waals surface area contributed by atoms with Crippen LogP contribution in [-0.4, -0.2) is 37.8 Å². The first kappa shape index (κ1) is 14.3. The van der Waals surface area contributed by atoms with Gasteiger partial charge in [-0.2, -0.15) is 10.2 Å². The van der Waals surface area contributed by atoms with Crippen LogP contribution in [0.4, 0.5) is 0 Å². The van der Waals surface area contributed by atoms with Gasteiger partial charge in [0.25, 0.3) is 5.91 Å². The number of hydrogen-bond acceptors (Lipinski definition) is 3. The molecular formula is C15H14ClN5O. The normalized spacial score (nSPS) is 10.6. The van der Waals surface area contributed by atoms with E-state index in [1.165, 1.54) is 6.20 Å². The summed E-state index contributed by atoms with van der Waals surface area (Å²) in [7, 11) is 1.72. The Morgan fingerprint density at radius 3 is 2.73 bits per heavy atom. The van der Waals surface area contributed by atoms with E-state index in [1.807, 2.05) is 36.5 Å². The van der Waals surface area contributed by atoms with Crippen LogP contribution < -0.4 is 0 Å². The van der Waals surface area contributed by atoms with E-state index in [1.54, 1.807) is 22.8 Å².